The Morgan fingerprint density at radius 1 is 1.09 bits per heavy atom. The van der Waals surface area contributed by atoms with E-state index in [1.807, 2.05) is 6.07 Å². The molecule has 5 rings (SSSR count). The van der Waals surface area contributed by atoms with Gasteiger partial charge in [0.25, 0.3) is 0 Å². The molecule has 12 heteroatoms. The summed E-state index contributed by atoms with van der Waals surface area (Å²) in [6.45, 7) is -0.547. The zero-order valence-corrected chi connectivity index (χ0v) is 20.8. The molecule has 8 nitrogen and oxygen atoms in total. The van der Waals surface area contributed by atoms with Crippen LogP contribution in [-0.4, -0.2) is 44.6 Å². The first-order valence-corrected chi connectivity index (χ1v) is 12.8. The highest BCUT2D eigenvalue weighted by Crippen LogP contribution is 2.54. The van der Waals surface area contributed by atoms with Crippen molar-refractivity contribution in [3.63, 3.8) is 0 Å². The van der Waals surface area contributed by atoms with Crippen LogP contribution in [0.15, 0.2) is 52.3 Å². The molecular weight excluding hydrogens is 535 g/mol. The number of aliphatic carboxylic acids is 1. The van der Waals surface area contributed by atoms with Gasteiger partial charge in [0.1, 0.15) is 24.2 Å². The summed E-state index contributed by atoms with van der Waals surface area (Å²) in [5.41, 5.74) is 1.35. The molecule has 2 N–H and O–H groups in total. The molecule has 180 valence electrons. The predicted octanol–water partition coefficient (Wildman–Crippen LogP) is 4.00. The number of aromatic amines is 1. The minimum Gasteiger partial charge on any atom is -0.489 e. The Morgan fingerprint density at radius 3 is 2.60 bits per heavy atom. The highest BCUT2D eigenvalue weighted by atomic mass is 35.5. The second-order valence-electron chi connectivity index (χ2n) is 8.01. The zero-order chi connectivity index (χ0) is 24.9. The number of ether oxygens (including phenoxy) is 1. The summed E-state index contributed by atoms with van der Waals surface area (Å²) in [7, 11) is 0. The Balaban J connectivity index is 1.59. The smallest absolute Gasteiger partial charge is 0.323 e. The van der Waals surface area contributed by atoms with Crippen LogP contribution in [0, 0.1) is 5.92 Å². The fourth-order valence-electron chi connectivity index (χ4n) is 4.38. The first kappa shape index (κ1) is 23.9. The first-order chi connectivity index (χ1) is 16.7. The molecule has 1 aromatic heterocycles. The molecule has 0 bridgehead atoms. The molecule has 35 heavy (non-hydrogen) atoms. The van der Waals surface area contributed by atoms with Crippen molar-refractivity contribution in [2.24, 2.45) is 5.92 Å². The van der Waals surface area contributed by atoms with Crippen molar-refractivity contribution in [2.45, 2.75) is 22.8 Å². The number of H-pyrrole nitrogens is 1. The van der Waals surface area contributed by atoms with E-state index in [0.717, 1.165) is 33.6 Å². The van der Waals surface area contributed by atoms with Crippen molar-refractivity contribution >= 4 is 64.1 Å². The monoisotopic (exact) mass is 550 g/mol. The van der Waals surface area contributed by atoms with Crippen LogP contribution in [0.2, 0.25) is 10.0 Å². The maximum absolute atomic E-state index is 13.4. The van der Waals surface area contributed by atoms with Crippen LogP contribution < -0.4 is 9.61 Å². The number of carboxylic acid groups (broad SMARTS) is 1. The average Bonchev–Trinajstić information content (AvgIpc) is 3.28. The summed E-state index contributed by atoms with van der Waals surface area (Å²) in [4.78, 5) is 53.7. The van der Waals surface area contributed by atoms with Crippen molar-refractivity contribution < 1.29 is 24.2 Å². The highest BCUT2D eigenvalue weighted by Gasteiger charge is 2.56. The average molecular weight is 551 g/mol. The van der Waals surface area contributed by atoms with E-state index in [-0.39, 0.29) is 11.5 Å². The Morgan fingerprint density at radius 2 is 1.86 bits per heavy atom. The van der Waals surface area contributed by atoms with Gasteiger partial charge in [-0.05, 0) is 35.9 Å². The van der Waals surface area contributed by atoms with E-state index in [9.17, 15) is 24.3 Å². The molecule has 1 fully saturated rings. The van der Waals surface area contributed by atoms with Crippen LogP contribution in [0.25, 0.3) is 0 Å². The number of amides is 2. The lowest BCUT2D eigenvalue weighted by Crippen LogP contribution is -2.36. The maximum atomic E-state index is 13.4. The van der Waals surface area contributed by atoms with Gasteiger partial charge in [-0.15, -0.1) is 0 Å². The highest BCUT2D eigenvalue weighted by molar-refractivity contribution is 8.00. The predicted molar refractivity (Wildman–Crippen MR) is 132 cm³/mol. The topological polar surface area (TPSA) is 117 Å². The normalized spacial score (nSPS) is 21.1. The lowest BCUT2D eigenvalue weighted by atomic mass is 9.82. The molecule has 2 aliphatic rings. The summed E-state index contributed by atoms with van der Waals surface area (Å²) < 4.78 is 6.10. The van der Waals surface area contributed by atoms with Crippen LogP contribution in [0.1, 0.15) is 21.9 Å². The number of thiazole rings is 1. The van der Waals surface area contributed by atoms with Crippen LogP contribution in [0.5, 0.6) is 5.75 Å². The van der Waals surface area contributed by atoms with Crippen molar-refractivity contribution in [1.29, 1.82) is 0 Å². The Labute approximate surface area is 216 Å². The number of hydrogen-bond donors (Lipinski definition) is 2. The van der Waals surface area contributed by atoms with Crippen molar-refractivity contribution in [3.05, 3.63) is 78.2 Å². The van der Waals surface area contributed by atoms with Gasteiger partial charge in [-0.2, -0.15) is 0 Å². The molecule has 0 spiro atoms. The number of likely N-dealkylation sites (tertiary alicyclic amines) is 1. The van der Waals surface area contributed by atoms with Crippen molar-refractivity contribution in [3.8, 4) is 5.75 Å². The van der Waals surface area contributed by atoms with Crippen LogP contribution >= 0.6 is 46.3 Å². The third kappa shape index (κ3) is 4.47. The molecule has 2 aromatic carbocycles. The van der Waals surface area contributed by atoms with Gasteiger partial charge in [-0.3, -0.25) is 24.1 Å². The van der Waals surface area contributed by atoms with E-state index < -0.39 is 41.4 Å². The van der Waals surface area contributed by atoms with Gasteiger partial charge in [-0.1, -0.05) is 58.4 Å². The molecule has 0 radical (unpaired) electrons. The van der Waals surface area contributed by atoms with E-state index in [4.69, 9.17) is 27.9 Å². The molecule has 3 aromatic rings. The van der Waals surface area contributed by atoms with E-state index >= 15 is 0 Å². The van der Waals surface area contributed by atoms with Crippen LogP contribution in [0.4, 0.5) is 0 Å². The number of nitrogens with one attached hydrogen (secondary N) is 1. The van der Waals surface area contributed by atoms with Crippen molar-refractivity contribution in [2.75, 3.05) is 6.54 Å². The number of carboxylic acids is 1. The molecule has 0 saturated carbocycles. The van der Waals surface area contributed by atoms with Crippen LogP contribution in [0.3, 0.4) is 0 Å². The van der Waals surface area contributed by atoms with Crippen LogP contribution in [-0.2, 0) is 21.0 Å². The van der Waals surface area contributed by atoms with Gasteiger partial charge in [0.2, 0.25) is 11.8 Å². The number of imide groups is 1. The van der Waals surface area contributed by atoms with E-state index in [1.165, 1.54) is 0 Å². The molecule has 1 saturated heterocycles. The summed E-state index contributed by atoms with van der Waals surface area (Å²) in [5.74, 6) is -3.72. The molecule has 0 aliphatic carbocycles. The summed E-state index contributed by atoms with van der Waals surface area (Å²) >= 11 is 14.4. The molecule has 3 atom stereocenters. The number of halogens is 2. The fraction of sp³-hybridized carbons (Fsp3) is 0.217. The molecule has 2 unspecified atom stereocenters. The SMILES string of the molecule is O=C(O)CN1C(=O)C2Sc3[nH]c(=O)sc3[C@@H](c3cc(Cl)ccc3OCc3cccc(Cl)c3)C2C1=O. The first-order valence-electron chi connectivity index (χ1n) is 10.4. The maximum Gasteiger partial charge on any atom is 0.323 e. The van der Waals surface area contributed by atoms with Gasteiger partial charge in [0.05, 0.1) is 10.9 Å². The van der Waals surface area contributed by atoms with E-state index in [0.29, 0.717) is 31.3 Å². The number of benzene rings is 2. The quantitative estimate of drug-likeness (QED) is 0.445. The largest absolute Gasteiger partial charge is 0.489 e. The third-order valence-corrected chi connectivity index (χ3v) is 8.67. The van der Waals surface area contributed by atoms with Gasteiger partial charge in [-0.25, -0.2) is 0 Å². The number of carbonyl (C=O) groups excluding carboxylic acids is 2. The minimum absolute atomic E-state index is 0.180. The molecule has 2 aliphatic heterocycles. The van der Waals surface area contributed by atoms with Gasteiger partial charge in [0.15, 0.2) is 0 Å². The number of aromatic nitrogens is 1. The fourth-order valence-corrected chi connectivity index (χ4v) is 7.30. The number of thioether (sulfide) groups is 1. The molecular formula is C23H16Cl2N2O6S2. The second-order valence-corrected chi connectivity index (χ2v) is 11.0. The summed E-state index contributed by atoms with van der Waals surface area (Å²) in [5, 5.41) is 9.76. The van der Waals surface area contributed by atoms with E-state index in [2.05, 4.69) is 4.98 Å². The summed E-state index contributed by atoms with van der Waals surface area (Å²) in [6, 6.07) is 12.1. The Bertz CT molecular complexity index is 1420. The Hall–Kier alpha value is -2.79. The van der Waals surface area contributed by atoms with Gasteiger partial charge in [0, 0.05) is 26.4 Å². The number of carbonyl (C=O) groups is 3. The van der Waals surface area contributed by atoms with E-state index in [1.54, 1.807) is 36.4 Å². The summed E-state index contributed by atoms with van der Waals surface area (Å²) in [6.07, 6.45) is 0. The second kappa shape index (κ2) is 9.34. The van der Waals surface area contributed by atoms with Gasteiger partial charge >= 0.3 is 10.8 Å². The lowest BCUT2D eigenvalue weighted by Gasteiger charge is -2.31. The van der Waals surface area contributed by atoms with Gasteiger partial charge < -0.3 is 14.8 Å². The zero-order valence-electron chi connectivity index (χ0n) is 17.7. The number of fused-ring (bicyclic) bond motifs is 2. The molecule has 3 heterocycles. The number of hydrogen-bond acceptors (Lipinski definition) is 7. The van der Waals surface area contributed by atoms with Crippen molar-refractivity contribution in [1.82, 2.24) is 9.88 Å². The number of nitrogens with zero attached hydrogens (tertiary/aromatic N) is 1. The number of rotatable bonds is 6. The third-order valence-electron chi connectivity index (χ3n) is 5.80. The standard InChI is InChI=1S/C23H16Cl2N2O6S2/c24-11-3-1-2-10(6-11)9-33-14-5-4-12(25)7-13(14)16-17-19(34-20-18(16)35-23(32)26-20)22(31)27(21(17)30)8-15(28)29/h1-7,16-17,19H,8-9H2,(H,26,32)(H,28,29)/t16-,17?,19?/m0/s1. The lowest BCUT2D eigenvalue weighted by molar-refractivity contribution is -0.149. The Kier molecular flexibility index (Phi) is 6.39. The minimum atomic E-state index is -1.29. The molecule has 2 amide bonds.